The minimum Gasteiger partial charge on any atom is -0.338 e. The molecule has 118 valence electrons. The fraction of sp³-hybridized carbons (Fsp3) is 0.235. The second kappa shape index (κ2) is 6.38. The Balaban J connectivity index is 1.87. The Bertz CT molecular complexity index is 776. The Hall–Kier alpha value is -2.40. The fourth-order valence-electron chi connectivity index (χ4n) is 2.71. The average Bonchev–Trinajstić information content (AvgIpc) is 2.55. The molecule has 0 atom stereocenters. The van der Waals surface area contributed by atoms with Gasteiger partial charge in [-0.1, -0.05) is 23.7 Å². The highest BCUT2D eigenvalue weighted by Crippen LogP contribution is 2.25. The summed E-state index contributed by atoms with van der Waals surface area (Å²) in [6, 6.07) is 7.09. The van der Waals surface area contributed by atoms with Gasteiger partial charge in [-0.25, -0.2) is 0 Å². The third kappa shape index (κ3) is 3.19. The number of anilines is 1. The normalized spacial score (nSPS) is 13.4. The van der Waals surface area contributed by atoms with E-state index in [9.17, 15) is 9.59 Å². The van der Waals surface area contributed by atoms with Crippen LogP contribution in [0.2, 0.25) is 5.02 Å². The molecule has 6 heteroatoms. The highest BCUT2D eigenvalue weighted by Gasteiger charge is 2.23. The molecule has 0 aliphatic carbocycles. The molecule has 1 aromatic heterocycles. The molecule has 0 saturated carbocycles. The largest absolute Gasteiger partial charge is 0.338 e. The van der Waals surface area contributed by atoms with Gasteiger partial charge in [-0.3, -0.25) is 14.6 Å². The van der Waals surface area contributed by atoms with E-state index in [0.717, 1.165) is 11.1 Å². The molecule has 2 amide bonds. The van der Waals surface area contributed by atoms with Crippen LogP contribution in [0.5, 0.6) is 0 Å². The molecule has 2 heterocycles. The minimum absolute atomic E-state index is 0.0292. The predicted octanol–water partition coefficient (Wildman–Crippen LogP) is 2.89. The maximum atomic E-state index is 12.6. The lowest BCUT2D eigenvalue weighted by Crippen LogP contribution is -2.35. The third-order valence-electron chi connectivity index (χ3n) is 3.95. The number of nitrogens with one attached hydrogen (secondary N) is 1. The number of nitrogens with zero attached hydrogens (tertiary/aromatic N) is 2. The van der Waals surface area contributed by atoms with E-state index in [1.54, 1.807) is 42.4 Å². The van der Waals surface area contributed by atoms with Crippen LogP contribution in [0.25, 0.3) is 0 Å². The van der Waals surface area contributed by atoms with Gasteiger partial charge in [-0.15, -0.1) is 0 Å². The lowest BCUT2D eigenvalue weighted by molar-refractivity contribution is -0.129. The Kier molecular flexibility index (Phi) is 4.30. The number of fused-ring (bicyclic) bond motifs is 1. The summed E-state index contributed by atoms with van der Waals surface area (Å²) in [6.45, 7) is 2.65. The van der Waals surface area contributed by atoms with Gasteiger partial charge in [0.1, 0.15) is 0 Å². The van der Waals surface area contributed by atoms with Gasteiger partial charge in [-0.05, 0) is 29.7 Å². The van der Waals surface area contributed by atoms with Crippen molar-refractivity contribution in [1.82, 2.24) is 9.88 Å². The van der Waals surface area contributed by atoms with Crippen molar-refractivity contribution >= 4 is 29.1 Å². The van der Waals surface area contributed by atoms with Gasteiger partial charge in [0.15, 0.2) is 0 Å². The number of hydrogen-bond acceptors (Lipinski definition) is 3. The van der Waals surface area contributed by atoms with E-state index in [1.165, 1.54) is 0 Å². The number of carbonyl (C=O) groups excluding carboxylic acids is 2. The quantitative estimate of drug-likeness (QED) is 0.921. The molecule has 0 spiro atoms. The van der Waals surface area contributed by atoms with Crippen molar-refractivity contribution in [2.75, 3.05) is 11.9 Å². The Morgan fingerprint density at radius 1 is 1.26 bits per heavy atom. The van der Waals surface area contributed by atoms with Crippen molar-refractivity contribution < 1.29 is 9.59 Å². The van der Waals surface area contributed by atoms with E-state index in [1.807, 2.05) is 6.07 Å². The van der Waals surface area contributed by atoms with Gasteiger partial charge >= 0.3 is 0 Å². The van der Waals surface area contributed by atoms with Crippen LogP contribution in [0, 0.1) is 0 Å². The molecule has 1 N–H and O–H groups in total. The van der Waals surface area contributed by atoms with Gasteiger partial charge in [0, 0.05) is 32.4 Å². The number of benzene rings is 1. The van der Waals surface area contributed by atoms with Crippen LogP contribution in [-0.4, -0.2) is 28.2 Å². The highest BCUT2D eigenvalue weighted by atomic mass is 35.5. The monoisotopic (exact) mass is 329 g/mol. The van der Waals surface area contributed by atoms with Crippen molar-refractivity contribution in [3.05, 3.63) is 58.4 Å². The van der Waals surface area contributed by atoms with Crippen LogP contribution in [0.3, 0.4) is 0 Å². The van der Waals surface area contributed by atoms with Crippen LogP contribution in [0.4, 0.5) is 5.69 Å². The average molecular weight is 330 g/mol. The molecule has 0 radical (unpaired) electrons. The summed E-state index contributed by atoms with van der Waals surface area (Å²) in [5.41, 5.74) is 2.96. The van der Waals surface area contributed by atoms with Crippen LogP contribution < -0.4 is 5.32 Å². The highest BCUT2D eigenvalue weighted by molar-refractivity contribution is 6.33. The smallest absolute Gasteiger partial charge is 0.257 e. The molecule has 2 aromatic rings. The molecular formula is C17H16ClN3O2. The molecule has 0 saturated heterocycles. The molecule has 0 unspecified atom stereocenters. The van der Waals surface area contributed by atoms with E-state index in [4.69, 9.17) is 11.6 Å². The number of rotatable bonds is 2. The summed E-state index contributed by atoms with van der Waals surface area (Å²) in [5.74, 6) is -0.208. The van der Waals surface area contributed by atoms with Gasteiger partial charge in [0.2, 0.25) is 5.91 Å². The summed E-state index contributed by atoms with van der Waals surface area (Å²) in [4.78, 5) is 30.0. The summed E-state index contributed by atoms with van der Waals surface area (Å²) in [5, 5.41) is 3.31. The number of pyridine rings is 1. The number of amides is 2. The lowest BCUT2D eigenvalue weighted by Gasteiger charge is -2.28. The van der Waals surface area contributed by atoms with Crippen LogP contribution in [-0.2, 0) is 17.8 Å². The lowest BCUT2D eigenvalue weighted by atomic mass is 9.96. The molecule has 3 rings (SSSR count). The van der Waals surface area contributed by atoms with E-state index in [0.29, 0.717) is 35.8 Å². The standard InChI is InChI=1S/C17H16ClN3O2/c1-11(22)21-7-6-13-12(10-21)8-19-9-14(13)17(23)20-16-5-3-2-4-15(16)18/h2-5,8-9H,6-7,10H2,1H3,(H,20,23). The first-order valence-electron chi connectivity index (χ1n) is 7.33. The summed E-state index contributed by atoms with van der Waals surface area (Å²) in [7, 11) is 0. The molecule has 1 aliphatic heterocycles. The van der Waals surface area contributed by atoms with Crippen LogP contribution in [0.1, 0.15) is 28.4 Å². The maximum absolute atomic E-state index is 12.6. The predicted molar refractivity (Wildman–Crippen MR) is 88.4 cm³/mol. The fourth-order valence-corrected chi connectivity index (χ4v) is 2.89. The molecule has 5 nitrogen and oxygen atoms in total. The van der Waals surface area contributed by atoms with Crippen molar-refractivity contribution in [3.63, 3.8) is 0 Å². The molecule has 1 aliphatic rings. The summed E-state index contributed by atoms with van der Waals surface area (Å²) in [6.07, 6.45) is 3.92. The van der Waals surface area contributed by atoms with Gasteiger partial charge in [0.25, 0.3) is 5.91 Å². The number of para-hydroxylation sites is 1. The first kappa shape index (κ1) is 15.5. The van der Waals surface area contributed by atoms with Crippen LogP contribution >= 0.6 is 11.6 Å². The number of carbonyl (C=O) groups is 2. The molecule has 0 fully saturated rings. The zero-order valence-electron chi connectivity index (χ0n) is 12.7. The van der Waals surface area contributed by atoms with Gasteiger partial charge < -0.3 is 10.2 Å². The minimum atomic E-state index is -0.237. The van der Waals surface area contributed by atoms with Gasteiger partial charge in [0.05, 0.1) is 16.3 Å². The second-order valence-corrected chi connectivity index (χ2v) is 5.86. The Morgan fingerprint density at radius 3 is 2.78 bits per heavy atom. The summed E-state index contributed by atoms with van der Waals surface area (Å²) >= 11 is 6.08. The van der Waals surface area contributed by atoms with Crippen LogP contribution in [0.15, 0.2) is 36.7 Å². The molecule has 0 bridgehead atoms. The van der Waals surface area contributed by atoms with Crippen molar-refractivity contribution in [2.45, 2.75) is 19.9 Å². The van der Waals surface area contributed by atoms with E-state index in [-0.39, 0.29) is 11.8 Å². The molecule has 1 aromatic carbocycles. The Labute approximate surface area is 139 Å². The zero-order chi connectivity index (χ0) is 16.4. The van der Waals surface area contributed by atoms with E-state index < -0.39 is 0 Å². The first-order valence-corrected chi connectivity index (χ1v) is 7.71. The Morgan fingerprint density at radius 2 is 2.04 bits per heavy atom. The summed E-state index contributed by atoms with van der Waals surface area (Å²) < 4.78 is 0. The molecule has 23 heavy (non-hydrogen) atoms. The van der Waals surface area contributed by atoms with E-state index in [2.05, 4.69) is 10.3 Å². The van der Waals surface area contributed by atoms with Gasteiger partial charge in [-0.2, -0.15) is 0 Å². The number of aromatic nitrogens is 1. The topological polar surface area (TPSA) is 62.3 Å². The first-order chi connectivity index (χ1) is 11.1. The second-order valence-electron chi connectivity index (χ2n) is 5.45. The zero-order valence-corrected chi connectivity index (χ0v) is 13.4. The van der Waals surface area contributed by atoms with E-state index >= 15 is 0 Å². The molecular weight excluding hydrogens is 314 g/mol. The SMILES string of the molecule is CC(=O)N1CCc2c(cncc2C(=O)Nc2ccccc2Cl)C1. The van der Waals surface area contributed by atoms with Crippen molar-refractivity contribution in [1.29, 1.82) is 0 Å². The van der Waals surface area contributed by atoms with Crippen molar-refractivity contribution in [3.8, 4) is 0 Å². The number of halogens is 1. The third-order valence-corrected chi connectivity index (χ3v) is 4.28. The van der Waals surface area contributed by atoms with Crippen molar-refractivity contribution in [2.24, 2.45) is 0 Å². The maximum Gasteiger partial charge on any atom is 0.257 e. The number of hydrogen-bond donors (Lipinski definition) is 1.